The summed E-state index contributed by atoms with van der Waals surface area (Å²) in [6.45, 7) is 44.7. The Morgan fingerprint density at radius 1 is 0.315 bits per heavy atom. The number of aromatic hydroxyl groups is 2. The van der Waals surface area contributed by atoms with Crippen LogP contribution in [0.3, 0.4) is 0 Å². The van der Waals surface area contributed by atoms with Gasteiger partial charge in [-0.15, -0.1) is 0 Å². The molecule has 12 aromatic rings. The molecular formula is C113H147N5O6. The molecule has 1 saturated heterocycles. The Morgan fingerprint density at radius 3 is 0.855 bits per heavy atom. The highest BCUT2D eigenvalue weighted by Gasteiger charge is 2.35. The van der Waals surface area contributed by atoms with Gasteiger partial charge in [-0.25, -0.2) is 0 Å². The summed E-state index contributed by atoms with van der Waals surface area (Å²) in [4.78, 5) is 6.86. The first-order valence-corrected chi connectivity index (χ1v) is 42.2. The molecule has 0 bridgehead atoms. The molecule has 12 aromatic carbocycles. The summed E-state index contributed by atoms with van der Waals surface area (Å²) >= 11 is 0. The summed E-state index contributed by atoms with van der Waals surface area (Å²) in [5.74, 6) is 2.53. The first kappa shape index (κ1) is 100. The van der Waals surface area contributed by atoms with E-state index in [1.165, 1.54) is 94.7 Å². The summed E-state index contributed by atoms with van der Waals surface area (Å²) < 4.78 is 22.6. The van der Waals surface area contributed by atoms with Gasteiger partial charge in [-0.2, -0.15) is 0 Å². The number of anilines is 4. The largest absolute Gasteiger partial charge is 0.508 e. The van der Waals surface area contributed by atoms with E-state index in [1.807, 2.05) is 55.5 Å². The second-order valence-electron chi connectivity index (χ2n) is 36.9. The molecule has 124 heavy (non-hydrogen) atoms. The molecule has 0 aromatic heterocycles. The van der Waals surface area contributed by atoms with E-state index < -0.39 is 0 Å². The van der Waals surface area contributed by atoms with Crippen LogP contribution < -0.4 is 30.7 Å². The fraction of sp³-hybridized carbons (Fsp3) is 0.363. The topological polar surface area (TPSA) is 139 Å². The highest BCUT2D eigenvalue weighted by atomic mass is 16.5. The normalized spacial score (nSPS) is 13.6. The van der Waals surface area contributed by atoms with Gasteiger partial charge in [0.05, 0.1) is 6.61 Å². The number of phenolic OH excluding ortho intramolecular Hbond substituents is 2. The van der Waals surface area contributed by atoms with Crippen LogP contribution >= 0.6 is 0 Å². The lowest BCUT2D eigenvalue weighted by atomic mass is 9.73. The van der Waals surface area contributed by atoms with Crippen molar-refractivity contribution in [1.29, 1.82) is 0 Å². The monoisotopic (exact) mass is 1670 g/mol. The number of fused-ring (bicyclic) bond motifs is 2. The summed E-state index contributed by atoms with van der Waals surface area (Å²) in [6, 6.07) is 98.9. The molecule has 6 N–H and O–H groups in total. The summed E-state index contributed by atoms with van der Waals surface area (Å²) in [5.41, 5.74) is 37.2. The number of ether oxygens (including phenoxy) is 4. The predicted octanol–water partition coefficient (Wildman–Crippen LogP) is 27.4. The lowest BCUT2D eigenvalue weighted by Gasteiger charge is -2.34. The molecule has 0 saturated carbocycles. The minimum Gasteiger partial charge on any atom is -0.508 e. The van der Waals surface area contributed by atoms with Gasteiger partial charge in [0.25, 0.3) is 0 Å². The molecule has 11 nitrogen and oxygen atoms in total. The van der Waals surface area contributed by atoms with E-state index in [0.717, 1.165) is 79.0 Å². The lowest BCUT2D eigenvalue weighted by molar-refractivity contribution is 0.107. The molecule has 0 unspecified atom stereocenters. The molecule has 1 fully saturated rings. The third kappa shape index (κ3) is 22.2. The fourth-order valence-electron chi connectivity index (χ4n) is 16.6. The average molecular weight is 1670 g/mol. The van der Waals surface area contributed by atoms with Crippen LogP contribution in [0, 0.1) is 0 Å². The SMILES string of the molecule is C.C.C.C.C.CC(C)(c1ccc(N)cc1)c1cccc(C(C)(C)c2ccc(N)cc2)c1.CC(C)(c1ccc(O)cc1)c1cccc(C(C)(C)c2ccc(O)cc2)c1.CCOC.CN1COc2ccc(C(C)(C)c3cccc(C(C)(C)c4ccc5c(c4)CN(c4ccc(C(C)(C)c6cccc(C(C)(C)c7ccc(N8CCCOC8)cc7)c6)cc4)CO5)c3)cc2C1. The number of rotatable bonds is 19. The predicted molar refractivity (Wildman–Crippen MR) is 529 cm³/mol. The van der Waals surface area contributed by atoms with E-state index in [1.54, 1.807) is 31.4 Å². The van der Waals surface area contributed by atoms with Gasteiger partial charge in [-0.3, -0.25) is 4.90 Å². The maximum absolute atomic E-state index is 9.57. The van der Waals surface area contributed by atoms with Crippen LogP contribution in [0.4, 0.5) is 22.7 Å². The van der Waals surface area contributed by atoms with Crippen LogP contribution in [0.5, 0.6) is 23.0 Å². The van der Waals surface area contributed by atoms with E-state index in [4.69, 9.17) is 25.7 Å². The van der Waals surface area contributed by atoms with E-state index in [2.05, 4.69) is 344 Å². The highest BCUT2D eigenvalue weighted by molar-refractivity contribution is 5.58. The summed E-state index contributed by atoms with van der Waals surface area (Å²) in [5, 5.41) is 19.1. The van der Waals surface area contributed by atoms with Crippen molar-refractivity contribution >= 4 is 22.7 Å². The van der Waals surface area contributed by atoms with Crippen molar-refractivity contribution in [2.75, 3.05) is 75.4 Å². The smallest absolute Gasteiger partial charge is 0.161 e. The lowest BCUT2D eigenvalue weighted by Crippen LogP contribution is -2.33. The second kappa shape index (κ2) is 41.2. The van der Waals surface area contributed by atoms with Crippen LogP contribution in [-0.4, -0.2) is 69.2 Å². The van der Waals surface area contributed by atoms with Crippen LogP contribution in [0.15, 0.2) is 279 Å². The molecule has 0 amide bonds. The Balaban J connectivity index is 0.000000286. The van der Waals surface area contributed by atoms with Gasteiger partial charge >= 0.3 is 0 Å². The van der Waals surface area contributed by atoms with Gasteiger partial charge < -0.3 is 50.4 Å². The first-order chi connectivity index (χ1) is 56.4. The maximum atomic E-state index is 9.57. The van der Waals surface area contributed by atoms with Crippen molar-refractivity contribution in [3.63, 3.8) is 0 Å². The van der Waals surface area contributed by atoms with Gasteiger partial charge in [0, 0.05) is 111 Å². The summed E-state index contributed by atoms with van der Waals surface area (Å²) in [7, 11) is 3.78. The van der Waals surface area contributed by atoms with Gasteiger partial charge in [0.1, 0.15) is 36.5 Å². The molecule has 0 aliphatic carbocycles. The van der Waals surface area contributed by atoms with Crippen LogP contribution in [0.25, 0.3) is 0 Å². The Hall–Kier alpha value is -11.1. The highest BCUT2D eigenvalue weighted by Crippen LogP contribution is 2.45. The Kier molecular flexibility index (Phi) is 33.2. The number of hydrogen-bond acceptors (Lipinski definition) is 11. The van der Waals surface area contributed by atoms with Crippen molar-refractivity contribution in [3.8, 4) is 23.0 Å². The minimum absolute atomic E-state index is 0. The average Bonchev–Trinajstić information content (AvgIpc) is 0.776. The third-order valence-electron chi connectivity index (χ3n) is 26.0. The van der Waals surface area contributed by atoms with Crippen LogP contribution in [0.1, 0.15) is 261 Å². The summed E-state index contributed by atoms with van der Waals surface area (Å²) in [6.07, 6.45) is 1.07. The van der Waals surface area contributed by atoms with Crippen LogP contribution in [-0.2, 0) is 65.9 Å². The molecule has 3 aliphatic heterocycles. The van der Waals surface area contributed by atoms with Gasteiger partial charge in [0.15, 0.2) is 6.73 Å². The molecule has 3 heterocycles. The molecule has 0 atom stereocenters. The van der Waals surface area contributed by atoms with E-state index in [0.29, 0.717) is 20.2 Å². The van der Waals surface area contributed by atoms with Crippen LogP contribution in [0.2, 0.25) is 0 Å². The molecule has 11 heteroatoms. The van der Waals surface area contributed by atoms with Gasteiger partial charge in [0.2, 0.25) is 0 Å². The van der Waals surface area contributed by atoms with Crippen molar-refractivity contribution in [1.82, 2.24) is 4.90 Å². The quantitative estimate of drug-likeness (QED) is 0.0576. The van der Waals surface area contributed by atoms with Crippen molar-refractivity contribution in [2.45, 2.75) is 218 Å². The maximum Gasteiger partial charge on any atom is 0.161 e. The molecule has 0 radical (unpaired) electrons. The van der Waals surface area contributed by atoms with Crippen molar-refractivity contribution < 1.29 is 29.2 Å². The Morgan fingerprint density at radius 2 is 0.565 bits per heavy atom. The number of methoxy groups -OCH3 is 1. The van der Waals surface area contributed by atoms with Gasteiger partial charge in [-0.05, 0) is 206 Å². The van der Waals surface area contributed by atoms with E-state index in [9.17, 15) is 10.2 Å². The molecular weight excluding hydrogens is 1520 g/mol. The first-order valence-electron chi connectivity index (χ1n) is 42.2. The van der Waals surface area contributed by atoms with Crippen molar-refractivity contribution in [2.24, 2.45) is 0 Å². The number of benzene rings is 12. The Labute approximate surface area is 747 Å². The zero-order chi connectivity index (χ0) is 85.5. The molecule has 3 aliphatic rings. The molecule has 15 rings (SSSR count). The second-order valence-corrected chi connectivity index (χ2v) is 36.9. The van der Waals surface area contributed by atoms with Gasteiger partial charge in [-0.1, -0.05) is 330 Å². The number of hydrogen-bond donors (Lipinski definition) is 4. The fourth-order valence-corrected chi connectivity index (χ4v) is 16.6. The minimum atomic E-state index is -0.219. The zero-order valence-corrected chi connectivity index (χ0v) is 73.9. The number of nitrogens with two attached hydrogens (primary N) is 2. The number of phenols is 2. The molecule has 0 spiro atoms. The van der Waals surface area contributed by atoms with Crippen molar-refractivity contribution in [3.05, 3.63) is 379 Å². The van der Waals surface area contributed by atoms with E-state index >= 15 is 0 Å². The number of nitrogen functional groups attached to an aromatic ring is 2. The molecule has 660 valence electrons. The Bertz CT molecular complexity index is 5080. The zero-order valence-electron chi connectivity index (χ0n) is 73.9. The standard InChI is InChI=1S/C57H65N3O3.C24H28N2.C24H26O2.C3H8O.5CH4/c1-54(2,42-17-23-50(24-18-42)59-29-12-30-61-38-59)44-13-10-14-45(33-44)55(3,4)43-19-25-51(26-20-43)60-36-41-32-49(22-28-53(41)63-39-60)57(7,8)47-16-11-15-46(34-47)56(5,6)48-21-27-52-40(31-48)35-58(9)37-62-52;2*1-23(2,17-8-12-21(25)13-9-17)19-6-5-7-20(16-19)24(3,4)18-10-14-22(26)15-11-18;1-3-4-2;;;;;/h10-11,13-28,31-34H,12,29-30,35-39H2,1-9H3;5-16H,25-26H2,1-4H3;5-16,25-26H,1-4H3;3H2,1-2H3;5*1H4. The third-order valence-corrected chi connectivity index (χ3v) is 26.0. The van der Waals surface area contributed by atoms with E-state index in [-0.39, 0.29) is 92.0 Å². The number of nitrogens with zero attached hydrogens (tertiary/aromatic N) is 3.